The molecular formula is C10H10BF4Fe+2. The molecule has 0 N–H and O–H groups in total. The molecule has 2 fully saturated rings. The maximum Gasteiger partial charge on any atom is 3.00 e. The second kappa shape index (κ2) is 11.8. The Balaban J connectivity index is 0. The van der Waals surface area contributed by atoms with Crippen molar-refractivity contribution in [1.29, 1.82) is 0 Å². The van der Waals surface area contributed by atoms with Crippen molar-refractivity contribution in [3.05, 3.63) is 64.2 Å². The quantitative estimate of drug-likeness (QED) is 0.469. The summed E-state index contributed by atoms with van der Waals surface area (Å²) in [6, 6.07) is 0. The molecule has 0 unspecified atom stereocenters. The first-order chi connectivity index (χ1) is 7.00. The fourth-order valence-corrected chi connectivity index (χ4v) is 0.642. The van der Waals surface area contributed by atoms with E-state index in [4.69, 9.17) is 0 Å². The largest absolute Gasteiger partial charge is 3.00 e. The van der Waals surface area contributed by atoms with E-state index in [1.54, 1.807) is 0 Å². The van der Waals surface area contributed by atoms with Crippen LogP contribution >= 0.6 is 0 Å². The molecule has 2 rings (SSSR count). The van der Waals surface area contributed by atoms with E-state index >= 15 is 0 Å². The molecule has 2 saturated carbocycles. The number of hydrogen-bond acceptors (Lipinski definition) is 0. The van der Waals surface area contributed by atoms with E-state index < -0.39 is 7.25 Å². The Kier molecular flexibility index (Phi) is 13.7. The summed E-state index contributed by atoms with van der Waals surface area (Å²) in [4.78, 5) is 0. The van der Waals surface area contributed by atoms with E-state index in [2.05, 4.69) is 0 Å². The Labute approximate surface area is 106 Å². The molecule has 0 bridgehead atoms. The molecule has 16 heavy (non-hydrogen) atoms. The zero-order valence-corrected chi connectivity index (χ0v) is 9.32. The zero-order valence-electron chi connectivity index (χ0n) is 8.22. The maximum absolute atomic E-state index is 9.75. The van der Waals surface area contributed by atoms with Gasteiger partial charge in [-0.25, -0.2) is 0 Å². The third kappa shape index (κ3) is 23.8. The number of rotatable bonds is 0. The molecular weight excluding hydrogens is 263 g/mol. The van der Waals surface area contributed by atoms with Crippen LogP contribution < -0.4 is 0 Å². The first kappa shape index (κ1) is 18.7. The van der Waals surface area contributed by atoms with Crippen molar-refractivity contribution >= 4 is 7.25 Å². The van der Waals surface area contributed by atoms with E-state index in [0.29, 0.717) is 0 Å². The smallest absolute Gasteiger partial charge is 0.418 e. The molecule has 6 heteroatoms. The van der Waals surface area contributed by atoms with Gasteiger partial charge in [0.15, 0.2) is 0 Å². The number of hydrogen-bond donors (Lipinski definition) is 0. The monoisotopic (exact) mass is 273 g/mol. The van der Waals surface area contributed by atoms with Gasteiger partial charge in [-0.1, -0.05) is 0 Å². The summed E-state index contributed by atoms with van der Waals surface area (Å²) in [5, 5.41) is 0. The minimum absolute atomic E-state index is 0. The van der Waals surface area contributed by atoms with Gasteiger partial charge in [0.05, 0.1) is 0 Å². The Bertz CT molecular complexity index is 102. The van der Waals surface area contributed by atoms with Crippen LogP contribution in [0.3, 0.4) is 0 Å². The van der Waals surface area contributed by atoms with E-state index in [0.717, 1.165) is 0 Å². The summed E-state index contributed by atoms with van der Waals surface area (Å²) in [6.07, 6.45) is 20.0. The Morgan fingerprint density at radius 3 is 0.562 bits per heavy atom. The normalized spacial score (nSPS) is 18.8. The summed E-state index contributed by atoms with van der Waals surface area (Å²) < 4.78 is 39.0. The fraction of sp³-hybridized carbons (Fsp3) is 0. The Morgan fingerprint density at radius 2 is 0.500 bits per heavy atom. The molecule has 0 aromatic heterocycles. The van der Waals surface area contributed by atoms with Crippen molar-refractivity contribution in [3.63, 3.8) is 0 Å². The molecule has 0 saturated heterocycles. The van der Waals surface area contributed by atoms with Crippen LogP contribution in [-0.4, -0.2) is 7.25 Å². The summed E-state index contributed by atoms with van der Waals surface area (Å²) in [5.74, 6) is 0. The van der Waals surface area contributed by atoms with Gasteiger partial charge in [-0.2, -0.15) is 0 Å². The van der Waals surface area contributed by atoms with Crippen molar-refractivity contribution < 1.29 is 34.3 Å². The Hall–Kier alpha value is 0.304. The molecule has 87 valence electrons. The van der Waals surface area contributed by atoms with Gasteiger partial charge in [-0.3, -0.25) is 0 Å². The van der Waals surface area contributed by atoms with Crippen LogP contribution in [0.2, 0.25) is 0 Å². The van der Waals surface area contributed by atoms with Gasteiger partial charge in [0, 0.05) is 0 Å². The van der Waals surface area contributed by atoms with Crippen LogP contribution in [0.15, 0.2) is 0 Å². The second-order valence-electron chi connectivity index (χ2n) is 2.42. The summed E-state index contributed by atoms with van der Waals surface area (Å²) in [7, 11) is -6.00. The molecule has 0 aliphatic heterocycles. The van der Waals surface area contributed by atoms with Crippen LogP contribution in [0.5, 0.6) is 0 Å². The number of halogens is 4. The van der Waals surface area contributed by atoms with Gasteiger partial charge in [-0.05, 0) is 64.2 Å². The first-order valence-electron chi connectivity index (χ1n) is 4.21. The van der Waals surface area contributed by atoms with Crippen molar-refractivity contribution in [3.8, 4) is 0 Å². The van der Waals surface area contributed by atoms with Crippen LogP contribution in [0.25, 0.3) is 0 Å². The average Bonchev–Trinajstić information content (AvgIpc) is 2.81. The van der Waals surface area contributed by atoms with Crippen LogP contribution in [0.1, 0.15) is 0 Å². The SMILES string of the molecule is F[B-](F)(F)F.[CH]1[CH][CH][CH][CH]1.[CH]1[CH][CH][CH][CH]1.[Fe+3]. The van der Waals surface area contributed by atoms with E-state index in [1.165, 1.54) is 0 Å². The van der Waals surface area contributed by atoms with E-state index in [-0.39, 0.29) is 17.1 Å². The zero-order chi connectivity index (χ0) is 11.6. The third-order valence-corrected chi connectivity index (χ3v) is 1.11. The summed E-state index contributed by atoms with van der Waals surface area (Å²) in [6.45, 7) is 0. The van der Waals surface area contributed by atoms with Crippen molar-refractivity contribution in [2.75, 3.05) is 0 Å². The molecule has 0 atom stereocenters. The second-order valence-corrected chi connectivity index (χ2v) is 2.42. The standard InChI is InChI=1S/2C5H5.BF4.Fe/c2*1-2-4-5-3-1;2-1(3,4)5;/h2*1-5H;;/q;;-1;+3. The maximum atomic E-state index is 9.75. The minimum atomic E-state index is -6.00. The Morgan fingerprint density at radius 1 is 0.438 bits per heavy atom. The third-order valence-electron chi connectivity index (χ3n) is 1.11. The molecule has 2 aliphatic carbocycles. The molecule has 11 radical (unpaired) electrons. The molecule has 0 aromatic carbocycles. The van der Waals surface area contributed by atoms with Crippen molar-refractivity contribution in [1.82, 2.24) is 0 Å². The molecule has 0 heterocycles. The fourth-order valence-electron chi connectivity index (χ4n) is 0.642. The van der Waals surface area contributed by atoms with Gasteiger partial charge in [0.2, 0.25) is 0 Å². The molecule has 0 spiro atoms. The van der Waals surface area contributed by atoms with Crippen LogP contribution in [-0.2, 0) is 17.1 Å². The summed E-state index contributed by atoms with van der Waals surface area (Å²) in [5.41, 5.74) is 0. The van der Waals surface area contributed by atoms with Gasteiger partial charge >= 0.3 is 24.3 Å². The van der Waals surface area contributed by atoms with Gasteiger partial charge < -0.3 is 17.3 Å². The first-order valence-corrected chi connectivity index (χ1v) is 4.21. The minimum Gasteiger partial charge on any atom is -0.418 e. The average molecular weight is 273 g/mol. The van der Waals surface area contributed by atoms with Gasteiger partial charge in [0.1, 0.15) is 0 Å². The van der Waals surface area contributed by atoms with Crippen molar-refractivity contribution in [2.24, 2.45) is 0 Å². The van der Waals surface area contributed by atoms with E-state index in [9.17, 15) is 17.3 Å². The predicted octanol–water partition coefficient (Wildman–Crippen LogP) is 3.34. The summed E-state index contributed by atoms with van der Waals surface area (Å²) >= 11 is 0. The predicted molar refractivity (Wildman–Crippen MR) is 53.2 cm³/mol. The molecule has 0 nitrogen and oxygen atoms in total. The topological polar surface area (TPSA) is 0 Å². The van der Waals surface area contributed by atoms with E-state index in [1.807, 2.05) is 64.2 Å². The molecule has 0 aromatic rings. The molecule has 2 aliphatic rings. The molecule has 0 amide bonds. The van der Waals surface area contributed by atoms with Crippen LogP contribution in [0, 0.1) is 64.2 Å². The van der Waals surface area contributed by atoms with Crippen molar-refractivity contribution in [2.45, 2.75) is 0 Å². The van der Waals surface area contributed by atoms with Gasteiger partial charge in [0.25, 0.3) is 0 Å². The van der Waals surface area contributed by atoms with Crippen LogP contribution in [0.4, 0.5) is 17.3 Å². The van der Waals surface area contributed by atoms with Gasteiger partial charge in [-0.15, -0.1) is 0 Å².